The summed E-state index contributed by atoms with van der Waals surface area (Å²) >= 11 is 3.45. The number of imidazole rings is 1. The number of nitrogens with one attached hydrogen (secondary N) is 1. The maximum atomic E-state index is 9.01. The van der Waals surface area contributed by atoms with Crippen molar-refractivity contribution in [2.45, 2.75) is 0 Å². The van der Waals surface area contributed by atoms with E-state index in [0.717, 1.165) is 45.2 Å². The molecular weight excluding hydrogens is 420 g/mol. The number of halogens is 1. The summed E-state index contributed by atoms with van der Waals surface area (Å²) in [6.45, 7) is 1.48. The van der Waals surface area contributed by atoms with E-state index in [0.29, 0.717) is 6.54 Å². The molecule has 2 N–H and O–H groups in total. The molecule has 0 spiro atoms. The predicted molar refractivity (Wildman–Crippen MR) is 115 cm³/mol. The highest BCUT2D eigenvalue weighted by molar-refractivity contribution is 9.10. The summed E-state index contributed by atoms with van der Waals surface area (Å²) < 4.78 is 9.04. The van der Waals surface area contributed by atoms with Gasteiger partial charge < -0.3 is 24.6 Å². The number of nitrogens with zero attached hydrogens (tertiary/aromatic N) is 3. The zero-order valence-corrected chi connectivity index (χ0v) is 17.1. The van der Waals surface area contributed by atoms with Crippen LogP contribution in [-0.2, 0) is 7.05 Å². The number of β-amino-alcohol motifs (C(OH)–C–C–N with tert-alkyl or cyclic N) is 1. The third kappa shape index (κ3) is 4.05. The first kappa shape index (κ1) is 18.6. The Balaban J connectivity index is 1.51. The second-order valence-electron chi connectivity index (χ2n) is 6.52. The number of aryl methyl sites for hydroxylation is 1. The van der Waals surface area contributed by atoms with Crippen molar-refractivity contribution in [2.24, 2.45) is 7.05 Å². The lowest BCUT2D eigenvalue weighted by atomic mass is 10.3. The number of anilines is 2. The number of aliphatic hydroxyl groups is 1. The summed E-state index contributed by atoms with van der Waals surface area (Å²) in [7, 11) is 1.99. The Bertz CT molecular complexity index is 1040. The van der Waals surface area contributed by atoms with E-state index in [1.54, 1.807) is 0 Å². The molecule has 0 amide bonds. The summed E-state index contributed by atoms with van der Waals surface area (Å²) in [6, 6.07) is 13.9. The van der Waals surface area contributed by atoms with E-state index in [-0.39, 0.29) is 6.61 Å². The molecule has 4 rings (SSSR count). The van der Waals surface area contributed by atoms with Crippen LogP contribution < -0.4 is 10.1 Å². The molecule has 6 nitrogen and oxygen atoms in total. The van der Waals surface area contributed by atoms with Crippen molar-refractivity contribution >= 4 is 38.6 Å². The van der Waals surface area contributed by atoms with Gasteiger partial charge in [-0.05, 0) is 48.6 Å². The molecule has 0 fully saturated rings. The Hall–Kier alpha value is -2.77. The van der Waals surface area contributed by atoms with Crippen molar-refractivity contribution < 1.29 is 9.84 Å². The molecule has 1 aromatic heterocycles. The molecule has 7 heteroatoms. The fourth-order valence-electron chi connectivity index (χ4n) is 3.04. The lowest BCUT2D eigenvalue weighted by Crippen LogP contribution is -2.23. The van der Waals surface area contributed by atoms with Crippen LogP contribution >= 0.6 is 15.9 Å². The SMILES string of the molecule is Cn1c(Nc2ccc(Br)cc2)nc2cc(OC3=CCN(CCO)C=C3)ccc21. The van der Waals surface area contributed by atoms with Crippen LogP contribution in [0.15, 0.2) is 71.0 Å². The van der Waals surface area contributed by atoms with Gasteiger partial charge in [0.25, 0.3) is 0 Å². The Morgan fingerprint density at radius 2 is 2.04 bits per heavy atom. The first-order valence-corrected chi connectivity index (χ1v) is 9.82. The van der Waals surface area contributed by atoms with Gasteiger partial charge in [0.05, 0.1) is 17.6 Å². The van der Waals surface area contributed by atoms with Crippen LogP contribution in [0.2, 0.25) is 0 Å². The molecule has 0 unspecified atom stereocenters. The third-order valence-corrected chi connectivity index (χ3v) is 5.08. The maximum Gasteiger partial charge on any atom is 0.208 e. The van der Waals surface area contributed by atoms with Crippen molar-refractivity contribution in [2.75, 3.05) is 25.0 Å². The molecule has 1 aliphatic heterocycles. The Labute approximate surface area is 171 Å². The molecule has 0 bridgehead atoms. The molecule has 3 aromatic rings. The summed E-state index contributed by atoms with van der Waals surface area (Å²) in [4.78, 5) is 6.73. The van der Waals surface area contributed by atoms with Crippen LogP contribution in [-0.4, -0.2) is 39.3 Å². The molecule has 0 saturated heterocycles. The molecule has 1 aliphatic rings. The first-order chi connectivity index (χ1) is 13.6. The third-order valence-electron chi connectivity index (χ3n) is 4.55. The fraction of sp³-hybridized carbons (Fsp3) is 0.190. The van der Waals surface area contributed by atoms with Gasteiger partial charge in [0.15, 0.2) is 0 Å². The number of rotatable bonds is 6. The highest BCUT2D eigenvalue weighted by Gasteiger charge is 2.11. The number of allylic oxidation sites excluding steroid dienone is 1. The standard InChI is InChI=1S/C21H21BrN4O2/c1-25-20-7-6-18(28-17-8-10-26(11-9-17)12-13-27)14-19(20)24-21(25)23-16-4-2-15(22)3-5-16/h2-10,14,27H,11-13H2,1H3,(H,23,24). The molecule has 144 valence electrons. The van der Waals surface area contributed by atoms with Crippen LogP contribution in [0.25, 0.3) is 11.0 Å². The topological polar surface area (TPSA) is 62.5 Å². The number of fused-ring (bicyclic) bond motifs is 1. The van der Waals surface area contributed by atoms with Crippen LogP contribution in [0.1, 0.15) is 0 Å². The molecule has 0 saturated carbocycles. The molecule has 2 heterocycles. The smallest absolute Gasteiger partial charge is 0.208 e. The summed E-state index contributed by atoms with van der Waals surface area (Å²) in [5.41, 5.74) is 2.86. The van der Waals surface area contributed by atoms with E-state index in [4.69, 9.17) is 14.8 Å². The number of hydrogen-bond acceptors (Lipinski definition) is 5. The number of hydrogen-bond donors (Lipinski definition) is 2. The summed E-state index contributed by atoms with van der Waals surface area (Å²) in [6.07, 6.45) is 5.84. The second kappa shape index (κ2) is 8.08. The number of aliphatic hydroxyl groups excluding tert-OH is 1. The molecule has 28 heavy (non-hydrogen) atoms. The molecule has 0 aliphatic carbocycles. The Morgan fingerprint density at radius 3 is 2.75 bits per heavy atom. The monoisotopic (exact) mass is 440 g/mol. The Kier molecular flexibility index (Phi) is 5.36. The van der Waals surface area contributed by atoms with E-state index in [2.05, 4.69) is 21.2 Å². The number of ether oxygens (including phenoxy) is 1. The zero-order valence-electron chi connectivity index (χ0n) is 15.5. The van der Waals surface area contributed by atoms with E-state index < -0.39 is 0 Å². The largest absolute Gasteiger partial charge is 0.458 e. The highest BCUT2D eigenvalue weighted by atomic mass is 79.9. The van der Waals surface area contributed by atoms with Crippen LogP contribution in [0.4, 0.5) is 11.6 Å². The van der Waals surface area contributed by atoms with Gasteiger partial charge in [-0.3, -0.25) is 0 Å². The van der Waals surface area contributed by atoms with Crippen molar-refractivity contribution in [3.8, 4) is 5.75 Å². The van der Waals surface area contributed by atoms with E-state index in [1.165, 1.54) is 0 Å². The van der Waals surface area contributed by atoms with Crippen molar-refractivity contribution in [3.05, 3.63) is 71.0 Å². The molecule has 2 aromatic carbocycles. The van der Waals surface area contributed by atoms with Gasteiger partial charge in [0.1, 0.15) is 11.5 Å². The normalized spacial score (nSPS) is 13.7. The zero-order chi connectivity index (χ0) is 19.5. The minimum atomic E-state index is 0.140. The molecule has 0 atom stereocenters. The second-order valence-corrected chi connectivity index (χ2v) is 7.44. The van der Waals surface area contributed by atoms with Crippen molar-refractivity contribution in [3.63, 3.8) is 0 Å². The average molecular weight is 441 g/mol. The van der Waals surface area contributed by atoms with Gasteiger partial charge in [-0.15, -0.1) is 0 Å². The summed E-state index contributed by atoms with van der Waals surface area (Å²) in [5.74, 6) is 2.30. The minimum absolute atomic E-state index is 0.140. The number of benzene rings is 2. The highest BCUT2D eigenvalue weighted by Crippen LogP contribution is 2.27. The van der Waals surface area contributed by atoms with Gasteiger partial charge >= 0.3 is 0 Å². The van der Waals surface area contributed by atoms with E-state index >= 15 is 0 Å². The lowest BCUT2D eigenvalue weighted by Gasteiger charge is -2.21. The van der Waals surface area contributed by atoms with E-state index in [9.17, 15) is 0 Å². The van der Waals surface area contributed by atoms with Gasteiger partial charge in [-0.2, -0.15) is 0 Å². The van der Waals surface area contributed by atoms with Gasteiger partial charge in [0.2, 0.25) is 5.95 Å². The van der Waals surface area contributed by atoms with Crippen LogP contribution in [0, 0.1) is 0 Å². The first-order valence-electron chi connectivity index (χ1n) is 9.02. The van der Waals surface area contributed by atoms with Gasteiger partial charge in [-0.1, -0.05) is 15.9 Å². The predicted octanol–water partition coefficient (Wildman–Crippen LogP) is 4.16. The average Bonchev–Trinajstić information content (AvgIpc) is 3.00. The van der Waals surface area contributed by atoms with E-state index in [1.807, 2.05) is 77.3 Å². The number of aromatic nitrogens is 2. The van der Waals surface area contributed by atoms with Gasteiger partial charge in [-0.25, -0.2) is 4.98 Å². The fourth-order valence-corrected chi connectivity index (χ4v) is 3.30. The van der Waals surface area contributed by atoms with Crippen molar-refractivity contribution in [1.29, 1.82) is 0 Å². The quantitative estimate of drug-likeness (QED) is 0.602. The van der Waals surface area contributed by atoms with Crippen LogP contribution in [0.5, 0.6) is 5.75 Å². The molecule has 0 radical (unpaired) electrons. The minimum Gasteiger partial charge on any atom is -0.458 e. The summed E-state index contributed by atoms with van der Waals surface area (Å²) in [5, 5.41) is 12.4. The Morgan fingerprint density at radius 1 is 1.21 bits per heavy atom. The maximum absolute atomic E-state index is 9.01. The molecular formula is C21H21BrN4O2. The lowest BCUT2D eigenvalue weighted by molar-refractivity contribution is 0.242. The van der Waals surface area contributed by atoms with Gasteiger partial charge in [0, 0.05) is 42.6 Å². The van der Waals surface area contributed by atoms with Crippen LogP contribution in [0.3, 0.4) is 0 Å². The van der Waals surface area contributed by atoms with Crippen molar-refractivity contribution in [1.82, 2.24) is 14.5 Å².